The number of nitrogens with one attached hydrogen (secondary N) is 3. The van der Waals surface area contributed by atoms with Crippen LogP contribution in [-0.2, 0) is 6.42 Å². The summed E-state index contributed by atoms with van der Waals surface area (Å²) >= 11 is 6.02. The van der Waals surface area contributed by atoms with E-state index in [0.717, 1.165) is 25.2 Å². The van der Waals surface area contributed by atoms with Crippen molar-refractivity contribution in [3.63, 3.8) is 0 Å². The number of aromatic amines is 1. The molecule has 2 aromatic heterocycles. The molecule has 2 aromatic rings. The van der Waals surface area contributed by atoms with Gasteiger partial charge in [-0.25, -0.2) is 9.97 Å². The Labute approximate surface area is 128 Å². The van der Waals surface area contributed by atoms with Crippen LogP contribution in [0.25, 0.3) is 0 Å². The Balaban J connectivity index is 1.86. The summed E-state index contributed by atoms with van der Waals surface area (Å²) in [5.41, 5.74) is 0.431. The summed E-state index contributed by atoms with van der Waals surface area (Å²) < 4.78 is 0. The Bertz CT molecular complexity index is 585. The first-order valence-electron chi connectivity index (χ1n) is 6.86. The molecule has 0 fully saturated rings. The number of amides is 1. The summed E-state index contributed by atoms with van der Waals surface area (Å²) in [5.74, 6) is 1.37. The summed E-state index contributed by atoms with van der Waals surface area (Å²) in [4.78, 5) is 23.4. The fourth-order valence-corrected chi connectivity index (χ4v) is 2.07. The molecule has 3 N–H and O–H groups in total. The Kier molecular flexibility index (Phi) is 5.57. The standard InChI is InChI=1S/C14H18ClN5O/c1-2-16-13-8-10(11(15)9-20-13)14(21)19-5-3-4-12-17-6-7-18-12/h6-9H,2-5H2,1H3,(H,16,20)(H,17,18)(H,19,21). The van der Waals surface area contributed by atoms with Gasteiger partial charge < -0.3 is 15.6 Å². The Morgan fingerprint density at radius 1 is 1.43 bits per heavy atom. The van der Waals surface area contributed by atoms with Gasteiger partial charge in [-0.15, -0.1) is 0 Å². The zero-order valence-electron chi connectivity index (χ0n) is 11.8. The topological polar surface area (TPSA) is 82.7 Å². The number of H-pyrrole nitrogens is 1. The number of carbonyl (C=O) groups excluding carboxylic acids is 1. The first-order chi connectivity index (χ1) is 10.2. The third-order valence-corrected chi connectivity index (χ3v) is 3.19. The number of aromatic nitrogens is 3. The van der Waals surface area contributed by atoms with Crippen LogP contribution in [0.1, 0.15) is 29.5 Å². The molecule has 7 heteroatoms. The molecule has 0 saturated heterocycles. The predicted octanol–water partition coefficient (Wildman–Crippen LogP) is 2.25. The second kappa shape index (κ2) is 7.64. The molecule has 2 heterocycles. The molecular formula is C14H18ClN5O. The summed E-state index contributed by atoms with van der Waals surface area (Å²) in [6, 6.07) is 1.66. The summed E-state index contributed by atoms with van der Waals surface area (Å²) in [6.07, 6.45) is 6.58. The van der Waals surface area contributed by atoms with Crippen LogP contribution >= 0.6 is 11.6 Å². The molecule has 0 saturated carbocycles. The Morgan fingerprint density at radius 3 is 3.00 bits per heavy atom. The van der Waals surface area contributed by atoms with Crippen molar-refractivity contribution >= 4 is 23.3 Å². The third-order valence-electron chi connectivity index (χ3n) is 2.89. The van der Waals surface area contributed by atoms with Crippen molar-refractivity contribution < 1.29 is 4.79 Å². The van der Waals surface area contributed by atoms with Crippen molar-refractivity contribution in [3.05, 3.63) is 41.1 Å². The van der Waals surface area contributed by atoms with E-state index in [2.05, 4.69) is 25.6 Å². The van der Waals surface area contributed by atoms with E-state index >= 15 is 0 Å². The second-order valence-corrected chi connectivity index (χ2v) is 4.88. The molecular weight excluding hydrogens is 290 g/mol. The normalized spacial score (nSPS) is 10.4. The first-order valence-corrected chi connectivity index (χ1v) is 7.24. The fourth-order valence-electron chi connectivity index (χ4n) is 1.88. The molecule has 0 unspecified atom stereocenters. The number of halogens is 1. The highest BCUT2D eigenvalue weighted by molar-refractivity contribution is 6.33. The van der Waals surface area contributed by atoms with Crippen LogP contribution in [-0.4, -0.2) is 33.9 Å². The number of imidazole rings is 1. The minimum absolute atomic E-state index is 0.194. The highest BCUT2D eigenvalue weighted by atomic mass is 35.5. The molecule has 6 nitrogen and oxygen atoms in total. The lowest BCUT2D eigenvalue weighted by molar-refractivity contribution is 0.0953. The lowest BCUT2D eigenvalue weighted by Gasteiger charge is -2.08. The maximum atomic E-state index is 12.1. The van der Waals surface area contributed by atoms with E-state index in [-0.39, 0.29) is 5.91 Å². The lowest BCUT2D eigenvalue weighted by Crippen LogP contribution is -2.25. The second-order valence-electron chi connectivity index (χ2n) is 4.48. The van der Waals surface area contributed by atoms with E-state index < -0.39 is 0 Å². The number of hydrogen-bond donors (Lipinski definition) is 3. The van der Waals surface area contributed by atoms with E-state index in [0.29, 0.717) is 22.9 Å². The van der Waals surface area contributed by atoms with Gasteiger partial charge in [-0.2, -0.15) is 0 Å². The van der Waals surface area contributed by atoms with Crippen molar-refractivity contribution in [3.8, 4) is 0 Å². The maximum Gasteiger partial charge on any atom is 0.252 e. The minimum Gasteiger partial charge on any atom is -0.370 e. The number of hydrogen-bond acceptors (Lipinski definition) is 4. The molecule has 1 amide bonds. The summed E-state index contributed by atoms with van der Waals surface area (Å²) in [7, 11) is 0. The van der Waals surface area contributed by atoms with Gasteiger partial charge in [0.05, 0.1) is 10.6 Å². The fraction of sp³-hybridized carbons (Fsp3) is 0.357. The van der Waals surface area contributed by atoms with Gasteiger partial charge >= 0.3 is 0 Å². The molecule has 0 spiro atoms. The Hall–Kier alpha value is -2.08. The molecule has 0 radical (unpaired) electrons. The molecule has 0 bridgehead atoms. The van der Waals surface area contributed by atoms with Gasteiger partial charge in [-0.3, -0.25) is 4.79 Å². The van der Waals surface area contributed by atoms with Crippen LogP contribution in [0.2, 0.25) is 5.02 Å². The van der Waals surface area contributed by atoms with Gasteiger partial charge in [0.15, 0.2) is 0 Å². The zero-order valence-corrected chi connectivity index (χ0v) is 12.6. The summed E-state index contributed by atoms with van der Waals surface area (Å²) in [5, 5.41) is 6.25. The SMILES string of the molecule is CCNc1cc(C(=O)NCCCc2ncc[nH]2)c(Cl)cn1. The average molecular weight is 308 g/mol. The number of aryl methyl sites for hydroxylation is 1. The monoisotopic (exact) mass is 307 g/mol. The van der Waals surface area contributed by atoms with Crippen molar-refractivity contribution in [2.75, 3.05) is 18.4 Å². The van der Waals surface area contributed by atoms with Gasteiger partial charge in [0.25, 0.3) is 5.91 Å². The van der Waals surface area contributed by atoms with E-state index in [9.17, 15) is 4.79 Å². The Morgan fingerprint density at radius 2 is 2.29 bits per heavy atom. The quantitative estimate of drug-likeness (QED) is 0.685. The maximum absolute atomic E-state index is 12.1. The number of pyridine rings is 1. The van der Waals surface area contributed by atoms with E-state index in [1.807, 2.05) is 6.92 Å². The first kappa shape index (κ1) is 15.3. The number of carbonyl (C=O) groups is 1. The van der Waals surface area contributed by atoms with Gasteiger partial charge in [-0.1, -0.05) is 11.6 Å². The molecule has 112 valence electrons. The van der Waals surface area contributed by atoms with Gasteiger partial charge in [0, 0.05) is 38.1 Å². The average Bonchev–Trinajstić information content (AvgIpc) is 2.99. The molecule has 0 aliphatic carbocycles. The van der Waals surface area contributed by atoms with Crippen LogP contribution < -0.4 is 10.6 Å². The minimum atomic E-state index is -0.194. The molecule has 2 rings (SSSR count). The van der Waals surface area contributed by atoms with Crippen LogP contribution in [0.5, 0.6) is 0 Å². The van der Waals surface area contributed by atoms with Gasteiger partial charge in [-0.05, 0) is 19.4 Å². The largest absolute Gasteiger partial charge is 0.370 e. The summed E-state index contributed by atoms with van der Waals surface area (Å²) in [6.45, 7) is 3.26. The molecule has 0 aliphatic heterocycles. The smallest absolute Gasteiger partial charge is 0.252 e. The van der Waals surface area contributed by atoms with E-state index in [1.165, 1.54) is 6.20 Å². The number of anilines is 1. The lowest BCUT2D eigenvalue weighted by atomic mass is 10.2. The molecule has 0 atom stereocenters. The molecule has 21 heavy (non-hydrogen) atoms. The highest BCUT2D eigenvalue weighted by Crippen LogP contribution is 2.17. The number of nitrogens with zero attached hydrogens (tertiary/aromatic N) is 2. The van der Waals surface area contributed by atoms with E-state index in [1.54, 1.807) is 18.5 Å². The van der Waals surface area contributed by atoms with Crippen LogP contribution in [0, 0.1) is 0 Å². The van der Waals surface area contributed by atoms with Gasteiger partial charge in [0.1, 0.15) is 11.6 Å². The van der Waals surface area contributed by atoms with E-state index in [4.69, 9.17) is 11.6 Å². The van der Waals surface area contributed by atoms with Crippen LogP contribution in [0.3, 0.4) is 0 Å². The molecule has 0 aromatic carbocycles. The van der Waals surface area contributed by atoms with Crippen LogP contribution in [0.4, 0.5) is 5.82 Å². The highest BCUT2D eigenvalue weighted by Gasteiger charge is 2.11. The third kappa shape index (κ3) is 4.46. The van der Waals surface area contributed by atoms with Crippen molar-refractivity contribution in [2.45, 2.75) is 19.8 Å². The predicted molar refractivity (Wildman–Crippen MR) is 82.7 cm³/mol. The zero-order chi connectivity index (χ0) is 15.1. The molecule has 0 aliphatic rings. The number of rotatable bonds is 7. The van der Waals surface area contributed by atoms with Crippen molar-refractivity contribution in [1.29, 1.82) is 0 Å². The van der Waals surface area contributed by atoms with Gasteiger partial charge in [0.2, 0.25) is 0 Å². The van der Waals surface area contributed by atoms with Crippen molar-refractivity contribution in [2.24, 2.45) is 0 Å². The van der Waals surface area contributed by atoms with Crippen molar-refractivity contribution in [1.82, 2.24) is 20.3 Å². The van der Waals surface area contributed by atoms with Crippen LogP contribution in [0.15, 0.2) is 24.7 Å².